The van der Waals surface area contributed by atoms with Crippen LogP contribution in [-0.4, -0.2) is 20.5 Å². The van der Waals surface area contributed by atoms with E-state index < -0.39 is 0 Å². The number of rotatable bonds is 1. The van der Waals surface area contributed by atoms with Crippen molar-refractivity contribution in [1.29, 1.82) is 0 Å². The minimum absolute atomic E-state index is 0.216. The maximum atomic E-state index is 9.92. The first-order valence-corrected chi connectivity index (χ1v) is 2.29. The standard InChI is InChI=1S/C3H3N3OS/c7-1-3-4-2-5-6(3)8/h1-2,8H. The summed E-state index contributed by atoms with van der Waals surface area (Å²) in [6.45, 7) is 0. The van der Waals surface area contributed by atoms with E-state index in [9.17, 15) is 4.79 Å². The van der Waals surface area contributed by atoms with Gasteiger partial charge in [0.1, 0.15) is 6.33 Å². The van der Waals surface area contributed by atoms with Gasteiger partial charge in [0.2, 0.25) is 5.82 Å². The molecule has 4 nitrogen and oxygen atoms in total. The van der Waals surface area contributed by atoms with Gasteiger partial charge in [-0.3, -0.25) is 4.79 Å². The highest BCUT2D eigenvalue weighted by Gasteiger charge is 1.94. The number of aldehydes is 1. The predicted molar refractivity (Wildman–Crippen MR) is 29.8 cm³/mol. The van der Waals surface area contributed by atoms with Crippen LogP contribution in [-0.2, 0) is 0 Å². The first-order valence-electron chi connectivity index (χ1n) is 1.89. The maximum Gasteiger partial charge on any atom is 0.202 e. The Labute approximate surface area is 51.1 Å². The zero-order valence-electron chi connectivity index (χ0n) is 3.85. The molecule has 0 spiro atoms. The topological polar surface area (TPSA) is 47.8 Å². The summed E-state index contributed by atoms with van der Waals surface area (Å²) in [6.07, 6.45) is 1.84. The fraction of sp³-hybridized carbons (Fsp3) is 0. The number of nitrogens with zero attached hydrogens (tertiary/aromatic N) is 3. The maximum absolute atomic E-state index is 9.92. The summed E-state index contributed by atoms with van der Waals surface area (Å²) in [4.78, 5) is 13.5. The quantitative estimate of drug-likeness (QED) is 0.421. The van der Waals surface area contributed by atoms with E-state index in [4.69, 9.17) is 0 Å². The molecule has 0 saturated carbocycles. The highest BCUT2D eigenvalue weighted by molar-refractivity contribution is 7.78. The van der Waals surface area contributed by atoms with Crippen LogP contribution in [0.3, 0.4) is 0 Å². The summed E-state index contributed by atoms with van der Waals surface area (Å²) >= 11 is 3.74. The van der Waals surface area contributed by atoms with Crippen LogP contribution in [0.1, 0.15) is 10.6 Å². The fourth-order valence-corrected chi connectivity index (χ4v) is 0.467. The van der Waals surface area contributed by atoms with Crippen LogP contribution >= 0.6 is 12.8 Å². The molecule has 0 atom stereocenters. The van der Waals surface area contributed by atoms with Crippen LogP contribution in [0.15, 0.2) is 6.33 Å². The van der Waals surface area contributed by atoms with Gasteiger partial charge < -0.3 is 0 Å². The van der Waals surface area contributed by atoms with E-state index in [2.05, 4.69) is 22.9 Å². The van der Waals surface area contributed by atoms with Crippen LogP contribution in [0.25, 0.3) is 0 Å². The molecule has 1 rings (SSSR count). The lowest BCUT2D eigenvalue weighted by atomic mass is 10.7. The van der Waals surface area contributed by atoms with Gasteiger partial charge in [0.15, 0.2) is 6.29 Å². The Morgan fingerprint density at radius 2 is 2.62 bits per heavy atom. The molecule has 0 saturated heterocycles. The normalized spacial score (nSPS) is 9.12. The summed E-state index contributed by atoms with van der Waals surface area (Å²) < 4.78 is 1.10. The lowest BCUT2D eigenvalue weighted by Gasteiger charge is -1.81. The molecule has 42 valence electrons. The molecular weight excluding hydrogens is 126 g/mol. The third-order valence-electron chi connectivity index (χ3n) is 0.661. The third kappa shape index (κ3) is 0.717. The lowest BCUT2D eigenvalue weighted by Crippen LogP contribution is -1.90. The van der Waals surface area contributed by atoms with Gasteiger partial charge in [-0.05, 0) is 12.8 Å². The van der Waals surface area contributed by atoms with Crippen molar-refractivity contribution < 1.29 is 4.79 Å². The molecule has 0 aliphatic carbocycles. The first-order chi connectivity index (χ1) is 3.84. The van der Waals surface area contributed by atoms with Crippen molar-refractivity contribution in [3.05, 3.63) is 12.2 Å². The summed E-state index contributed by atoms with van der Waals surface area (Å²) in [5.74, 6) is 0.216. The minimum Gasteiger partial charge on any atom is -0.294 e. The van der Waals surface area contributed by atoms with E-state index >= 15 is 0 Å². The van der Waals surface area contributed by atoms with Crippen LogP contribution in [0.4, 0.5) is 0 Å². The zero-order chi connectivity index (χ0) is 5.98. The largest absolute Gasteiger partial charge is 0.294 e. The lowest BCUT2D eigenvalue weighted by molar-refractivity contribution is 0.111. The Morgan fingerprint density at radius 1 is 1.88 bits per heavy atom. The highest BCUT2D eigenvalue weighted by atomic mass is 32.1. The van der Waals surface area contributed by atoms with Gasteiger partial charge in [0.05, 0.1) is 0 Å². The predicted octanol–water partition coefficient (Wildman–Crippen LogP) is -0.216. The summed E-state index contributed by atoms with van der Waals surface area (Å²) in [6, 6.07) is 0. The van der Waals surface area contributed by atoms with Crippen molar-refractivity contribution in [3.8, 4) is 0 Å². The summed E-state index contributed by atoms with van der Waals surface area (Å²) in [7, 11) is 0. The van der Waals surface area contributed by atoms with E-state index in [1.165, 1.54) is 6.33 Å². The molecule has 0 fully saturated rings. The second kappa shape index (κ2) is 1.95. The second-order valence-corrected chi connectivity index (χ2v) is 1.50. The number of carbonyl (C=O) groups is 1. The molecule has 0 aliphatic rings. The van der Waals surface area contributed by atoms with Crippen molar-refractivity contribution in [1.82, 2.24) is 14.2 Å². The average molecular weight is 129 g/mol. The number of aromatic nitrogens is 3. The molecule has 0 aliphatic heterocycles. The van der Waals surface area contributed by atoms with Gasteiger partial charge in [-0.15, -0.1) is 5.10 Å². The van der Waals surface area contributed by atoms with Gasteiger partial charge >= 0.3 is 0 Å². The molecule has 1 heterocycles. The highest BCUT2D eigenvalue weighted by Crippen LogP contribution is 1.88. The van der Waals surface area contributed by atoms with E-state index in [0.29, 0.717) is 6.29 Å². The monoisotopic (exact) mass is 129 g/mol. The Hall–Kier alpha value is -0.840. The third-order valence-corrected chi connectivity index (χ3v) is 0.970. The van der Waals surface area contributed by atoms with Crippen molar-refractivity contribution in [2.45, 2.75) is 0 Å². The van der Waals surface area contributed by atoms with Crippen LogP contribution in [0.2, 0.25) is 0 Å². The van der Waals surface area contributed by atoms with Gasteiger partial charge in [0.25, 0.3) is 0 Å². The molecule has 0 bridgehead atoms. The van der Waals surface area contributed by atoms with E-state index in [1.807, 2.05) is 0 Å². The van der Waals surface area contributed by atoms with Gasteiger partial charge in [-0.2, -0.15) is 4.09 Å². The fourth-order valence-electron chi connectivity index (χ4n) is 0.322. The molecule has 0 unspecified atom stereocenters. The van der Waals surface area contributed by atoms with Crippen molar-refractivity contribution in [3.63, 3.8) is 0 Å². The average Bonchev–Trinajstić information content (AvgIpc) is 2.14. The van der Waals surface area contributed by atoms with Crippen LogP contribution in [0, 0.1) is 0 Å². The van der Waals surface area contributed by atoms with Crippen LogP contribution < -0.4 is 0 Å². The number of thiol groups is 1. The SMILES string of the molecule is O=Cc1ncnn1S. The molecule has 0 radical (unpaired) electrons. The van der Waals surface area contributed by atoms with E-state index in [-0.39, 0.29) is 5.82 Å². The van der Waals surface area contributed by atoms with Gasteiger partial charge in [-0.1, -0.05) is 0 Å². The Kier molecular flexibility index (Phi) is 1.29. The molecule has 0 aromatic carbocycles. The number of hydrogen-bond acceptors (Lipinski definition) is 4. The first kappa shape index (κ1) is 5.30. The van der Waals surface area contributed by atoms with E-state index in [1.54, 1.807) is 0 Å². The molecule has 0 N–H and O–H groups in total. The van der Waals surface area contributed by atoms with Crippen molar-refractivity contribution >= 4 is 19.1 Å². The van der Waals surface area contributed by atoms with Crippen molar-refractivity contribution in [2.24, 2.45) is 0 Å². The van der Waals surface area contributed by atoms with Gasteiger partial charge in [0, 0.05) is 0 Å². The second-order valence-electron chi connectivity index (χ2n) is 1.13. The molecule has 5 heteroatoms. The van der Waals surface area contributed by atoms with Crippen molar-refractivity contribution in [2.75, 3.05) is 0 Å². The zero-order valence-corrected chi connectivity index (χ0v) is 4.75. The van der Waals surface area contributed by atoms with Gasteiger partial charge in [-0.25, -0.2) is 4.98 Å². The summed E-state index contributed by atoms with van der Waals surface area (Å²) in [5.41, 5.74) is 0. The Bertz CT molecular complexity index is 196. The number of carbonyl (C=O) groups excluding carboxylic acids is 1. The molecule has 8 heavy (non-hydrogen) atoms. The molecular formula is C3H3N3OS. The Morgan fingerprint density at radius 3 is 2.88 bits per heavy atom. The van der Waals surface area contributed by atoms with Crippen LogP contribution in [0.5, 0.6) is 0 Å². The smallest absolute Gasteiger partial charge is 0.202 e. The number of hydrogen-bond donors (Lipinski definition) is 1. The summed E-state index contributed by atoms with van der Waals surface area (Å²) in [5, 5.41) is 3.53. The molecule has 1 aromatic rings. The molecule has 0 amide bonds. The Balaban J connectivity index is 3.09. The van der Waals surface area contributed by atoms with E-state index in [0.717, 1.165) is 4.09 Å². The molecule has 1 aromatic heterocycles. The minimum atomic E-state index is 0.216.